The van der Waals surface area contributed by atoms with Crippen molar-refractivity contribution in [1.82, 2.24) is 9.97 Å². The number of hydrogen-bond donors (Lipinski definition) is 2. The predicted molar refractivity (Wildman–Crippen MR) is 119 cm³/mol. The van der Waals surface area contributed by atoms with Crippen LogP contribution in [0.25, 0.3) is 10.9 Å². The highest BCUT2D eigenvalue weighted by Gasteiger charge is 2.10. The Bertz CT molecular complexity index is 1160. The summed E-state index contributed by atoms with van der Waals surface area (Å²) in [5.74, 6) is 2.10. The number of hydrogen-bond acceptors (Lipinski definition) is 5. The molecule has 0 aliphatic heterocycles. The van der Waals surface area contributed by atoms with Crippen LogP contribution in [0.3, 0.4) is 0 Å². The number of nitrogens with zero attached hydrogens (tertiary/aromatic N) is 2. The zero-order valence-electron chi connectivity index (χ0n) is 16.2. The van der Waals surface area contributed by atoms with Gasteiger partial charge in [-0.25, -0.2) is 4.98 Å². The van der Waals surface area contributed by atoms with Gasteiger partial charge in [0.2, 0.25) is 5.95 Å². The first kappa shape index (κ1) is 19.0. The third-order valence-electron chi connectivity index (χ3n) is 4.69. The molecule has 4 rings (SSSR count). The van der Waals surface area contributed by atoms with Crippen LogP contribution in [0, 0.1) is 6.92 Å². The van der Waals surface area contributed by atoms with Crippen molar-refractivity contribution >= 4 is 40.0 Å². The molecule has 5 nitrogen and oxygen atoms in total. The molecule has 3 aromatic carbocycles. The Morgan fingerprint density at radius 3 is 2.62 bits per heavy atom. The van der Waals surface area contributed by atoms with Crippen molar-refractivity contribution in [3.05, 3.63) is 82.9 Å². The first-order chi connectivity index (χ1) is 14.1. The maximum absolute atomic E-state index is 6.15. The number of nitrogens with one attached hydrogen (secondary N) is 2. The van der Waals surface area contributed by atoms with Crippen LogP contribution in [0.15, 0.2) is 66.7 Å². The summed E-state index contributed by atoms with van der Waals surface area (Å²) in [6.45, 7) is 2.60. The maximum Gasteiger partial charge on any atom is 0.229 e. The number of halogens is 1. The fourth-order valence-electron chi connectivity index (χ4n) is 3.14. The molecule has 6 heteroatoms. The average Bonchev–Trinajstić information content (AvgIpc) is 2.75. The van der Waals surface area contributed by atoms with E-state index in [1.807, 2.05) is 73.7 Å². The van der Waals surface area contributed by atoms with Gasteiger partial charge in [-0.2, -0.15) is 4.98 Å². The number of para-hydroxylation sites is 2. The fourth-order valence-corrected chi connectivity index (χ4v) is 3.32. The molecule has 29 heavy (non-hydrogen) atoms. The van der Waals surface area contributed by atoms with Gasteiger partial charge >= 0.3 is 0 Å². The van der Waals surface area contributed by atoms with Gasteiger partial charge in [0.1, 0.15) is 11.6 Å². The summed E-state index contributed by atoms with van der Waals surface area (Å²) in [4.78, 5) is 9.38. The maximum atomic E-state index is 6.15. The van der Waals surface area contributed by atoms with E-state index in [-0.39, 0.29) is 0 Å². The molecule has 2 N–H and O–H groups in total. The molecule has 0 spiro atoms. The quantitative estimate of drug-likeness (QED) is 0.415. The molecule has 0 bridgehead atoms. The van der Waals surface area contributed by atoms with Gasteiger partial charge in [0.05, 0.1) is 12.6 Å². The van der Waals surface area contributed by atoms with Crippen LogP contribution >= 0.6 is 11.6 Å². The molecule has 0 aliphatic rings. The zero-order chi connectivity index (χ0) is 20.2. The minimum atomic E-state index is 0.511. The molecule has 0 fully saturated rings. The first-order valence-corrected chi connectivity index (χ1v) is 9.67. The van der Waals surface area contributed by atoms with Gasteiger partial charge < -0.3 is 15.4 Å². The Kier molecular flexibility index (Phi) is 5.49. The summed E-state index contributed by atoms with van der Waals surface area (Å²) < 4.78 is 5.45. The molecule has 1 heterocycles. The molecular weight excluding hydrogens is 384 g/mol. The predicted octanol–water partition coefficient (Wildman–Crippen LogP) is 5.96. The van der Waals surface area contributed by atoms with E-state index in [1.54, 1.807) is 7.11 Å². The summed E-state index contributed by atoms with van der Waals surface area (Å²) in [6.07, 6.45) is 0. The Labute approximate surface area is 174 Å². The molecular formula is C23H21ClN4O. The summed E-state index contributed by atoms with van der Waals surface area (Å²) in [5.41, 5.74) is 3.85. The lowest BCUT2D eigenvalue weighted by Crippen LogP contribution is -2.07. The Balaban J connectivity index is 1.68. The van der Waals surface area contributed by atoms with Gasteiger partial charge in [-0.05, 0) is 42.8 Å². The van der Waals surface area contributed by atoms with Crippen LogP contribution in [0.2, 0.25) is 5.02 Å². The van der Waals surface area contributed by atoms with Gasteiger partial charge in [-0.3, -0.25) is 0 Å². The number of ether oxygens (including phenoxy) is 1. The van der Waals surface area contributed by atoms with E-state index in [0.29, 0.717) is 17.5 Å². The molecule has 0 aliphatic carbocycles. The number of rotatable bonds is 6. The van der Waals surface area contributed by atoms with E-state index >= 15 is 0 Å². The van der Waals surface area contributed by atoms with Gasteiger partial charge in [0.25, 0.3) is 0 Å². The van der Waals surface area contributed by atoms with Crippen molar-refractivity contribution < 1.29 is 4.74 Å². The molecule has 0 saturated carbocycles. The second-order valence-electron chi connectivity index (χ2n) is 6.66. The highest BCUT2D eigenvalue weighted by atomic mass is 35.5. The van der Waals surface area contributed by atoms with Gasteiger partial charge in [0.15, 0.2) is 0 Å². The minimum Gasteiger partial charge on any atom is -0.496 e. The van der Waals surface area contributed by atoms with Gasteiger partial charge in [-0.15, -0.1) is 0 Å². The van der Waals surface area contributed by atoms with Crippen LogP contribution in [-0.4, -0.2) is 17.1 Å². The largest absolute Gasteiger partial charge is 0.496 e. The standard InChI is InChI=1S/C23H21ClN4O/c1-15-11-12-17(24)13-20(15)27-23-26-19-9-5-4-8-18(19)22(28-23)25-14-16-7-3-6-10-21(16)29-2/h3-13H,14H2,1-2H3,(H2,25,26,27,28). The van der Waals surface area contributed by atoms with Crippen LogP contribution in [0.5, 0.6) is 5.75 Å². The van der Waals surface area contributed by atoms with E-state index in [0.717, 1.165) is 39.3 Å². The first-order valence-electron chi connectivity index (χ1n) is 9.30. The minimum absolute atomic E-state index is 0.511. The highest BCUT2D eigenvalue weighted by molar-refractivity contribution is 6.30. The lowest BCUT2D eigenvalue weighted by atomic mass is 10.2. The zero-order valence-corrected chi connectivity index (χ0v) is 17.0. The number of aromatic nitrogens is 2. The van der Waals surface area contributed by atoms with E-state index in [1.165, 1.54) is 0 Å². The number of aryl methyl sites for hydroxylation is 1. The molecule has 146 valence electrons. The monoisotopic (exact) mass is 404 g/mol. The van der Waals surface area contributed by atoms with Crippen LogP contribution in [0.1, 0.15) is 11.1 Å². The number of fused-ring (bicyclic) bond motifs is 1. The number of benzene rings is 3. The van der Waals surface area contributed by atoms with Gasteiger partial charge in [-0.1, -0.05) is 48.0 Å². The lowest BCUT2D eigenvalue weighted by Gasteiger charge is -2.14. The number of methoxy groups -OCH3 is 1. The van der Waals surface area contributed by atoms with Crippen molar-refractivity contribution in [2.75, 3.05) is 17.7 Å². The van der Waals surface area contributed by atoms with Crippen LogP contribution < -0.4 is 15.4 Å². The van der Waals surface area contributed by atoms with Crippen molar-refractivity contribution in [1.29, 1.82) is 0 Å². The van der Waals surface area contributed by atoms with E-state index in [4.69, 9.17) is 21.3 Å². The summed E-state index contributed by atoms with van der Waals surface area (Å²) in [5, 5.41) is 8.34. The Hall–Kier alpha value is -3.31. The molecule has 0 saturated heterocycles. The topological polar surface area (TPSA) is 59.1 Å². The van der Waals surface area contributed by atoms with Crippen LogP contribution in [-0.2, 0) is 6.54 Å². The van der Waals surface area contributed by atoms with E-state index < -0.39 is 0 Å². The van der Waals surface area contributed by atoms with Crippen molar-refractivity contribution in [3.8, 4) is 5.75 Å². The van der Waals surface area contributed by atoms with Crippen molar-refractivity contribution in [2.45, 2.75) is 13.5 Å². The molecule has 1 aromatic heterocycles. The molecule has 4 aromatic rings. The smallest absolute Gasteiger partial charge is 0.229 e. The van der Waals surface area contributed by atoms with Gasteiger partial charge in [0, 0.05) is 28.2 Å². The third-order valence-corrected chi connectivity index (χ3v) is 4.92. The van der Waals surface area contributed by atoms with Crippen molar-refractivity contribution in [3.63, 3.8) is 0 Å². The lowest BCUT2D eigenvalue weighted by molar-refractivity contribution is 0.410. The molecule has 0 atom stereocenters. The summed E-state index contributed by atoms with van der Waals surface area (Å²) in [7, 11) is 1.67. The number of anilines is 3. The van der Waals surface area contributed by atoms with Crippen molar-refractivity contribution in [2.24, 2.45) is 0 Å². The SMILES string of the molecule is COc1ccccc1CNc1nc(Nc2cc(Cl)ccc2C)nc2ccccc12. The van der Waals surface area contributed by atoms with E-state index in [9.17, 15) is 0 Å². The normalized spacial score (nSPS) is 10.7. The third kappa shape index (κ3) is 4.25. The Morgan fingerprint density at radius 2 is 1.76 bits per heavy atom. The Morgan fingerprint density at radius 1 is 0.966 bits per heavy atom. The second-order valence-corrected chi connectivity index (χ2v) is 7.10. The second kappa shape index (κ2) is 8.37. The summed E-state index contributed by atoms with van der Waals surface area (Å²) in [6, 6.07) is 21.6. The molecule has 0 radical (unpaired) electrons. The fraction of sp³-hybridized carbons (Fsp3) is 0.130. The molecule has 0 unspecified atom stereocenters. The average molecular weight is 405 g/mol. The van der Waals surface area contributed by atoms with Crippen LogP contribution in [0.4, 0.5) is 17.5 Å². The molecule has 0 amide bonds. The highest BCUT2D eigenvalue weighted by Crippen LogP contribution is 2.27. The van der Waals surface area contributed by atoms with E-state index in [2.05, 4.69) is 15.6 Å². The summed E-state index contributed by atoms with van der Waals surface area (Å²) >= 11 is 6.15.